The molecule has 0 amide bonds. The Morgan fingerprint density at radius 1 is 0.439 bits per heavy atom. The largest absolute Gasteiger partial charge is 0.399 e. The molecule has 9 heteroatoms. The van der Waals surface area contributed by atoms with E-state index in [1.165, 1.54) is 0 Å². The average Bonchev–Trinajstić information content (AvgIpc) is 2.89. The first-order chi connectivity index (χ1) is 19.5. The van der Waals surface area contributed by atoms with Crippen LogP contribution in [0.25, 0.3) is 22.3 Å². The zero-order valence-corrected chi connectivity index (χ0v) is 28.9. The van der Waals surface area contributed by atoms with Crippen molar-refractivity contribution >= 4 is 70.5 Å². The molecule has 0 spiro atoms. The molecule has 0 aliphatic rings. The van der Waals surface area contributed by atoms with Gasteiger partial charge in [0.1, 0.15) is 0 Å². The minimum atomic E-state index is 0.725. The Bertz CT molecular complexity index is 1220. The molecular formula is C32H41Br3N4O2. The Labute approximate surface area is 270 Å². The van der Waals surface area contributed by atoms with Crippen molar-refractivity contribution in [2.45, 2.75) is 27.7 Å². The lowest BCUT2D eigenvalue weighted by molar-refractivity contribution is 0.162. The van der Waals surface area contributed by atoms with E-state index in [1.54, 1.807) is 0 Å². The van der Waals surface area contributed by atoms with Gasteiger partial charge < -0.3 is 32.4 Å². The summed E-state index contributed by atoms with van der Waals surface area (Å²) in [7, 11) is 0. The summed E-state index contributed by atoms with van der Waals surface area (Å²) in [6.07, 6.45) is 0. The van der Waals surface area contributed by atoms with Crippen LogP contribution in [0, 0.1) is 0 Å². The summed E-state index contributed by atoms with van der Waals surface area (Å²) in [6.45, 7) is 11.3. The van der Waals surface area contributed by atoms with Gasteiger partial charge in [-0.25, -0.2) is 0 Å². The predicted molar refractivity (Wildman–Crippen MR) is 189 cm³/mol. The Kier molecular flexibility index (Phi) is 18.1. The molecule has 8 N–H and O–H groups in total. The second-order valence-electron chi connectivity index (χ2n) is 8.51. The van der Waals surface area contributed by atoms with E-state index in [-0.39, 0.29) is 0 Å². The van der Waals surface area contributed by atoms with Crippen LogP contribution in [-0.4, -0.2) is 26.4 Å². The minimum absolute atomic E-state index is 0.725. The molecule has 0 aromatic heterocycles. The number of nitrogens with two attached hydrogens (primary N) is 4. The van der Waals surface area contributed by atoms with Crippen molar-refractivity contribution in [3.05, 3.63) is 92.3 Å². The molecule has 0 saturated carbocycles. The number of halogens is 3. The lowest BCUT2D eigenvalue weighted by atomic mass is 10.0. The van der Waals surface area contributed by atoms with Crippen LogP contribution >= 0.6 is 47.8 Å². The molecule has 0 saturated heterocycles. The summed E-state index contributed by atoms with van der Waals surface area (Å²) in [5.74, 6) is 0. The van der Waals surface area contributed by atoms with Gasteiger partial charge in [-0.05, 0) is 117 Å². The van der Waals surface area contributed by atoms with Crippen molar-refractivity contribution in [3.63, 3.8) is 0 Å². The number of ether oxygens (including phenoxy) is 2. The van der Waals surface area contributed by atoms with E-state index < -0.39 is 0 Å². The smallest absolute Gasteiger partial charge is 0.0437 e. The van der Waals surface area contributed by atoms with Gasteiger partial charge in [0, 0.05) is 62.6 Å². The van der Waals surface area contributed by atoms with E-state index in [0.29, 0.717) is 0 Å². The number of hydrogen-bond acceptors (Lipinski definition) is 6. The van der Waals surface area contributed by atoms with Crippen LogP contribution in [0.1, 0.15) is 27.7 Å². The fourth-order valence-corrected chi connectivity index (χ4v) is 5.00. The van der Waals surface area contributed by atoms with Crippen LogP contribution < -0.4 is 22.9 Å². The average molecular weight is 753 g/mol. The molecular weight excluding hydrogens is 712 g/mol. The molecule has 4 aromatic rings. The maximum Gasteiger partial charge on any atom is 0.0437 e. The summed E-state index contributed by atoms with van der Waals surface area (Å²) in [5, 5.41) is 0. The molecule has 41 heavy (non-hydrogen) atoms. The summed E-state index contributed by atoms with van der Waals surface area (Å²) in [4.78, 5) is 0. The number of benzene rings is 4. The van der Waals surface area contributed by atoms with E-state index >= 15 is 0 Å². The molecule has 0 bridgehead atoms. The Morgan fingerprint density at radius 2 is 0.756 bits per heavy atom. The highest BCUT2D eigenvalue weighted by Gasteiger charge is 2.03. The van der Waals surface area contributed by atoms with E-state index in [0.717, 1.165) is 84.8 Å². The first-order valence-corrected chi connectivity index (χ1v) is 15.6. The molecule has 0 aliphatic carbocycles. The molecule has 4 aromatic carbocycles. The lowest BCUT2D eigenvalue weighted by Gasteiger charge is -2.06. The Balaban J connectivity index is 0.000000311. The third kappa shape index (κ3) is 15.3. The monoisotopic (exact) mass is 750 g/mol. The summed E-state index contributed by atoms with van der Waals surface area (Å²) in [6, 6.07) is 25.2. The predicted octanol–water partition coefficient (Wildman–Crippen LogP) is 9.41. The summed E-state index contributed by atoms with van der Waals surface area (Å²) < 4.78 is 12.6. The molecule has 0 radical (unpaired) electrons. The highest BCUT2D eigenvalue weighted by atomic mass is 79.9. The van der Waals surface area contributed by atoms with Crippen molar-refractivity contribution in [3.8, 4) is 22.3 Å². The van der Waals surface area contributed by atoms with Crippen LogP contribution in [0.3, 0.4) is 0 Å². The second-order valence-corrected chi connectivity index (χ2v) is 11.3. The molecule has 0 atom stereocenters. The molecule has 0 unspecified atom stereocenters. The third-order valence-corrected chi connectivity index (χ3v) is 6.50. The molecule has 4 rings (SSSR count). The highest BCUT2D eigenvalue weighted by molar-refractivity contribution is 9.11. The second kappa shape index (κ2) is 20.3. The van der Waals surface area contributed by atoms with Crippen LogP contribution in [0.5, 0.6) is 0 Å². The van der Waals surface area contributed by atoms with E-state index in [9.17, 15) is 0 Å². The normalized spacial score (nSPS) is 9.83. The van der Waals surface area contributed by atoms with Gasteiger partial charge in [-0.2, -0.15) is 0 Å². The quantitative estimate of drug-likeness (QED) is 0.146. The standard InChI is InChI=1S/C12H10Br2N2.C12H11BrN2.2C4H10O/c13-9-1-7(3-11(15)5-9)8-2-10(14)6-12(16)4-8;13-10-4-9(6-12(15)7-10)8-2-1-3-11(14)5-8;2*1-3-5-4-2/h1-6H,15-16H2;1-7H,14-15H2;2*3-4H2,1-2H3. The number of nitrogen functional groups attached to an aromatic ring is 4. The Hall–Kier alpha value is -2.56. The molecule has 222 valence electrons. The molecule has 0 heterocycles. The van der Waals surface area contributed by atoms with Crippen molar-refractivity contribution < 1.29 is 9.47 Å². The van der Waals surface area contributed by atoms with E-state index in [4.69, 9.17) is 32.4 Å². The Morgan fingerprint density at radius 3 is 1.02 bits per heavy atom. The summed E-state index contributed by atoms with van der Waals surface area (Å²) in [5.41, 5.74) is 30.3. The van der Waals surface area contributed by atoms with Crippen LogP contribution in [0.2, 0.25) is 0 Å². The zero-order valence-electron chi connectivity index (χ0n) is 24.1. The number of rotatable bonds is 6. The highest BCUT2D eigenvalue weighted by Crippen LogP contribution is 2.30. The lowest BCUT2D eigenvalue weighted by Crippen LogP contribution is -1.89. The zero-order chi connectivity index (χ0) is 30.8. The van der Waals surface area contributed by atoms with Gasteiger partial charge in [0.25, 0.3) is 0 Å². The number of anilines is 4. The van der Waals surface area contributed by atoms with Gasteiger partial charge in [0.2, 0.25) is 0 Å². The van der Waals surface area contributed by atoms with Crippen LogP contribution in [-0.2, 0) is 9.47 Å². The van der Waals surface area contributed by atoms with Gasteiger partial charge in [-0.15, -0.1) is 0 Å². The number of hydrogen-bond donors (Lipinski definition) is 4. The van der Waals surface area contributed by atoms with Crippen molar-refractivity contribution in [2.24, 2.45) is 0 Å². The SMILES string of the molecule is CCOCC.CCOCC.Nc1cc(Br)cc(-c2cc(N)cc(Br)c2)c1.Nc1cccc(-c2cc(N)cc(Br)c2)c1. The van der Waals surface area contributed by atoms with Crippen LogP contribution in [0.4, 0.5) is 22.7 Å². The van der Waals surface area contributed by atoms with E-state index in [1.807, 2.05) is 107 Å². The van der Waals surface area contributed by atoms with Gasteiger partial charge in [-0.3, -0.25) is 0 Å². The van der Waals surface area contributed by atoms with Gasteiger partial charge in [-0.1, -0.05) is 59.9 Å². The maximum atomic E-state index is 5.80. The van der Waals surface area contributed by atoms with Gasteiger partial charge in [0.15, 0.2) is 0 Å². The maximum absolute atomic E-state index is 5.80. The third-order valence-electron chi connectivity index (χ3n) is 5.13. The fourth-order valence-electron chi connectivity index (χ4n) is 3.46. The molecule has 6 nitrogen and oxygen atoms in total. The topological polar surface area (TPSA) is 123 Å². The van der Waals surface area contributed by atoms with Crippen LogP contribution in [0.15, 0.2) is 92.3 Å². The fraction of sp³-hybridized carbons (Fsp3) is 0.250. The van der Waals surface area contributed by atoms with Gasteiger partial charge in [0.05, 0.1) is 0 Å². The minimum Gasteiger partial charge on any atom is -0.399 e. The van der Waals surface area contributed by atoms with Crippen molar-refractivity contribution in [2.75, 3.05) is 49.4 Å². The van der Waals surface area contributed by atoms with Gasteiger partial charge >= 0.3 is 0 Å². The summed E-state index contributed by atoms with van der Waals surface area (Å²) >= 11 is 10.3. The molecule has 0 aliphatic heterocycles. The van der Waals surface area contributed by atoms with E-state index in [2.05, 4.69) is 47.8 Å². The van der Waals surface area contributed by atoms with Crippen molar-refractivity contribution in [1.82, 2.24) is 0 Å². The molecule has 0 fully saturated rings. The first-order valence-electron chi connectivity index (χ1n) is 13.2. The van der Waals surface area contributed by atoms with Crippen molar-refractivity contribution in [1.29, 1.82) is 0 Å². The first kappa shape index (κ1) is 36.5.